The summed E-state index contributed by atoms with van der Waals surface area (Å²) in [5.41, 5.74) is 0. The minimum Gasteiger partial charge on any atom is -0.469 e. The van der Waals surface area contributed by atoms with Crippen molar-refractivity contribution in [1.82, 2.24) is 0 Å². The molecule has 7 nitrogen and oxygen atoms in total. The largest absolute Gasteiger partial charge is 0.469 e. The first kappa shape index (κ1) is 28.5. The number of carbonyl (C=O) groups excluding carboxylic acids is 1. The molecule has 0 spiro atoms. The molecule has 0 aromatic carbocycles. The first-order chi connectivity index (χ1) is 15.8. The minimum absolute atomic E-state index is 0.112. The summed E-state index contributed by atoms with van der Waals surface area (Å²) in [7, 11) is 1.44. The SMILES string of the molecule is CCCCC[C@@H](CCCCCCCCCC(=O)OC)O[C@@H]1O[C@@H](C)[C@H](O)[C@H]2OC(C)(C)O[C@@H]12. The number of hydrogen-bond donors (Lipinski definition) is 1. The molecule has 2 saturated heterocycles. The number of ether oxygens (including phenoxy) is 5. The van der Waals surface area contributed by atoms with Gasteiger partial charge in [-0.3, -0.25) is 4.79 Å². The van der Waals surface area contributed by atoms with E-state index in [1.54, 1.807) is 0 Å². The van der Waals surface area contributed by atoms with Crippen LogP contribution in [0.25, 0.3) is 0 Å². The molecule has 2 heterocycles. The number of aliphatic hydroxyl groups excluding tert-OH is 1. The molecule has 0 aromatic heterocycles. The van der Waals surface area contributed by atoms with Crippen LogP contribution in [-0.2, 0) is 28.5 Å². The maximum absolute atomic E-state index is 11.1. The van der Waals surface area contributed by atoms with Gasteiger partial charge in [-0.05, 0) is 40.0 Å². The fourth-order valence-electron chi connectivity index (χ4n) is 4.76. The molecule has 2 aliphatic heterocycles. The van der Waals surface area contributed by atoms with Crippen LogP contribution in [-0.4, -0.2) is 60.8 Å². The molecule has 194 valence electrons. The Morgan fingerprint density at radius 2 is 1.52 bits per heavy atom. The highest BCUT2D eigenvalue weighted by molar-refractivity contribution is 5.68. The van der Waals surface area contributed by atoms with Gasteiger partial charge < -0.3 is 28.8 Å². The van der Waals surface area contributed by atoms with Crippen molar-refractivity contribution in [3.63, 3.8) is 0 Å². The molecule has 2 aliphatic rings. The van der Waals surface area contributed by atoms with Crippen molar-refractivity contribution in [3.8, 4) is 0 Å². The minimum atomic E-state index is -0.750. The lowest BCUT2D eigenvalue weighted by Gasteiger charge is -2.40. The zero-order valence-corrected chi connectivity index (χ0v) is 21.6. The summed E-state index contributed by atoms with van der Waals surface area (Å²) in [6.07, 6.45) is 11.6. The second-order valence-corrected chi connectivity index (χ2v) is 10.1. The number of esters is 1. The number of fused-ring (bicyclic) bond motifs is 1. The molecule has 0 aliphatic carbocycles. The Labute approximate surface area is 200 Å². The van der Waals surface area contributed by atoms with Crippen molar-refractivity contribution < 1.29 is 33.6 Å². The van der Waals surface area contributed by atoms with E-state index >= 15 is 0 Å². The second-order valence-electron chi connectivity index (χ2n) is 10.1. The van der Waals surface area contributed by atoms with E-state index in [4.69, 9.17) is 18.9 Å². The van der Waals surface area contributed by atoms with E-state index in [0.29, 0.717) is 6.42 Å². The molecule has 2 fully saturated rings. The summed E-state index contributed by atoms with van der Waals surface area (Å²) < 4.78 is 29.2. The van der Waals surface area contributed by atoms with Gasteiger partial charge in [0.15, 0.2) is 12.1 Å². The number of carbonyl (C=O) groups is 1. The van der Waals surface area contributed by atoms with E-state index < -0.39 is 30.4 Å². The second kappa shape index (κ2) is 14.6. The highest BCUT2D eigenvalue weighted by Gasteiger charge is 2.54. The number of unbranched alkanes of at least 4 members (excludes halogenated alkanes) is 8. The summed E-state index contributed by atoms with van der Waals surface area (Å²) in [4.78, 5) is 11.1. The van der Waals surface area contributed by atoms with Crippen molar-refractivity contribution in [2.45, 2.75) is 154 Å². The molecule has 0 bridgehead atoms. The third-order valence-electron chi connectivity index (χ3n) is 6.69. The van der Waals surface area contributed by atoms with Gasteiger partial charge in [-0.15, -0.1) is 0 Å². The van der Waals surface area contributed by atoms with Crippen molar-refractivity contribution in [2.24, 2.45) is 0 Å². The Kier molecular flexibility index (Phi) is 12.6. The molecule has 0 amide bonds. The van der Waals surface area contributed by atoms with Crippen molar-refractivity contribution in [2.75, 3.05) is 7.11 Å². The van der Waals surface area contributed by atoms with Crippen LogP contribution in [0, 0.1) is 0 Å². The van der Waals surface area contributed by atoms with Gasteiger partial charge in [-0.2, -0.15) is 0 Å². The van der Waals surface area contributed by atoms with E-state index in [2.05, 4.69) is 11.7 Å². The standard InChI is InChI=1S/C26H48O7/c1-6-7-13-16-20(17-14-11-9-8-10-12-15-18-21(27)29-5)31-25-24-23(22(28)19(2)30-25)32-26(3,4)33-24/h19-20,22-25,28H,6-18H2,1-5H3/t19-,20-,22-,23+,24+,25-/m0/s1. The highest BCUT2D eigenvalue weighted by Crippen LogP contribution is 2.38. The lowest BCUT2D eigenvalue weighted by Crippen LogP contribution is -2.56. The Morgan fingerprint density at radius 3 is 2.15 bits per heavy atom. The predicted molar refractivity (Wildman–Crippen MR) is 127 cm³/mol. The Bertz CT molecular complexity index is 553. The van der Waals surface area contributed by atoms with Crippen LogP contribution in [0.15, 0.2) is 0 Å². The summed E-state index contributed by atoms with van der Waals surface area (Å²) >= 11 is 0. The number of hydrogen-bond acceptors (Lipinski definition) is 7. The molecular formula is C26H48O7. The average molecular weight is 473 g/mol. The highest BCUT2D eigenvalue weighted by atomic mass is 16.8. The first-order valence-corrected chi connectivity index (χ1v) is 13.2. The quantitative estimate of drug-likeness (QED) is 0.242. The van der Waals surface area contributed by atoms with Gasteiger partial charge in [0.05, 0.1) is 19.3 Å². The molecule has 0 unspecified atom stereocenters. The van der Waals surface area contributed by atoms with Gasteiger partial charge in [0.1, 0.15) is 18.3 Å². The fraction of sp³-hybridized carbons (Fsp3) is 0.962. The molecule has 0 radical (unpaired) electrons. The molecule has 2 rings (SSSR count). The normalized spacial score (nSPS) is 29.6. The van der Waals surface area contributed by atoms with Crippen LogP contribution in [0.1, 0.15) is 111 Å². The monoisotopic (exact) mass is 472 g/mol. The van der Waals surface area contributed by atoms with Crippen LogP contribution in [0.5, 0.6) is 0 Å². The van der Waals surface area contributed by atoms with Gasteiger partial charge in [0, 0.05) is 6.42 Å². The van der Waals surface area contributed by atoms with Crippen molar-refractivity contribution >= 4 is 5.97 Å². The molecule has 6 atom stereocenters. The van der Waals surface area contributed by atoms with E-state index in [-0.39, 0.29) is 18.2 Å². The van der Waals surface area contributed by atoms with Crippen molar-refractivity contribution in [1.29, 1.82) is 0 Å². The summed E-state index contributed by atoms with van der Waals surface area (Å²) in [6, 6.07) is 0. The summed E-state index contributed by atoms with van der Waals surface area (Å²) in [6.45, 7) is 7.82. The van der Waals surface area contributed by atoms with Gasteiger partial charge in [-0.25, -0.2) is 0 Å². The topological polar surface area (TPSA) is 83.5 Å². The van der Waals surface area contributed by atoms with Crippen molar-refractivity contribution in [3.05, 3.63) is 0 Å². The van der Waals surface area contributed by atoms with E-state index in [1.807, 2.05) is 20.8 Å². The smallest absolute Gasteiger partial charge is 0.305 e. The van der Waals surface area contributed by atoms with Crippen LogP contribution >= 0.6 is 0 Å². The fourth-order valence-corrected chi connectivity index (χ4v) is 4.76. The number of methoxy groups -OCH3 is 1. The molecule has 0 saturated carbocycles. The van der Waals surface area contributed by atoms with Crippen LogP contribution in [0.2, 0.25) is 0 Å². The molecule has 1 N–H and O–H groups in total. The Hall–Kier alpha value is -0.730. The van der Waals surface area contributed by atoms with Crippen LogP contribution in [0.3, 0.4) is 0 Å². The average Bonchev–Trinajstić information content (AvgIpc) is 3.11. The maximum Gasteiger partial charge on any atom is 0.305 e. The lowest BCUT2D eigenvalue weighted by atomic mass is 9.99. The van der Waals surface area contributed by atoms with Gasteiger partial charge in [0.25, 0.3) is 0 Å². The third-order valence-corrected chi connectivity index (χ3v) is 6.69. The molecule has 7 heteroatoms. The predicted octanol–water partition coefficient (Wildman–Crippen LogP) is 5.26. The van der Waals surface area contributed by atoms with Gasteiger partial charge in [-0.1, -0.05) is 64.7 Å². The maximum atomic E-state index is 11.1. The summed E-state index contributed by atoms with van der Waals surface area (Å²) in [5, 5.41) is 10.5. The van der Waals surface area contributed by atoms with Crippen LogP contribution < -0.4 is 0 Å². The van der Waals surface area contributed by atoms with E-state index in [9.17, 15) is 9.90 Å². The number of aliphatic hydroxyl groups is 1. The Morgan fingerprint density at radius 1 is 0.939 bits per heavy atom. The van der Waals surface area contributed by atoms with Gasteiger partial charge in [0.2, 0.25) is 0 Å². The third kappa shape index (κ3) is 9.81. The lowest BCUT2D eigenvalue weighted by molar-refractivity contribution is -0.285. The van der Waals surface area contributed by atoms with E-state index in [0.717, 1.165) is 38.5 Å². The van der Waals surface area contributed by atoms with Gasteiger partial charge >= 0.3 is 5.97 Å². The molecule has 0 aromatic rings. The zero-order valence-electron chi connectivity index (χ0n) is 21.6. The van der Waals surface area contributed by atoms with Crippen LogP contribution in [0.4, 0.5) is 0 Å². The Balaban J connectivity index is 1.75. The molecule has 33 heavy (non-hydrogen) atoms. The summed E-state index contributed by atoms with van der Waals surface area (Å²) in [5.74, 6) is -0.862. The molecular weight excluding hydrogens is 424 g/mol. The first-order valence-electron chi connectivity index (χ1n) is 13.2. The zero-order chi connectivity index (χ0) is 24.3. The number of rotatable bonds is 16. The van der Waals surface area contributed by atoms with E-state index in [1.165, 1.54) is 45.6 Å².